The standard InChI is InChI=1S/C21H26N4O/c1-13-10-14(2)20(26-16-6-5-8-22-12-16)18(11-13)17-7-9-23-21-19(17)25(4)15(3)24-21/h7,9-11,16,22H,5-6,8,12H2,1-4H3/t16-/m0/s1. The maximum atomic E-state index is 6.51. The maximum Gasteiger partial charge on any atom is 0.178 e. The number of hydrogen-bond donors (Lipinski definition) is 1. The number of piperidine rings is 1. The fourth-order valence-electron chi connectivity index (χ4n) is 3.86. The van der Waals surface area contributed by atoms with Crippen LogP contribution in [0.5, 0.6) is 5.75 Å². The van der Waals surface area contributed by atoms with E-state index in [9.17, 15) is 0 Å². The number of rotatable bonds is 3. The summed E-state index contributed by atoms with van der Waals surface area (Å²) in [6, 6.07) is 6.49. The van der Waals surface area contributed by atoms with Crippen LogP contribution in [0.1, 0.15) is 29.8 Å². The van der Waals surface area contributed by atoms with Crippen LogP contribution in [0.3, 0.4) is 0 Å². The first-order valence-corrected chi connectivity index (χ1v) is 9.31. The fraction of sp³-hybridized carbons (Fsp3) is 0.429. The number of pyridine rings is 1. The third-order valence-corrected chi connectivity index (χ3v) is 5.24. The first kappa shape index (κ1) is 17.0. The normalized spacial score (nSPS) is 17.6. The van der Waals surface area contributed by atoms with Crippen molar-refractivity contribution in [3.8, 4) is 16.9 Å². The highest BCUT2D eigenvalue weighted by Gasteiger charge is 2.21. The van der Waals surface area contributed by atoms with Crippen LogP contribution in [-0.2, 0) is 7.05 Å². The van der Waals surface area contributed by atoms with E-state index in [4.69, 9.17) is 4.74 Å². The van der Waals surface area contributed by atoms with Crippen LogP contribution in [0.15, 0.2) is 24.4 Å². The van der Waals surface area contributed by atoms with Crippen molar-refractivity contribution in [2.75, 3.05) is 13.1 Å². The molecule has 3 aromatic rings. The number of ether oxygens (including phenoxy) is 1. The Morgan fingerprint density at radius 3 is 2.81 bits per heavy atom. The minimum Gasteiger partial charge on any atom is -0.488 e. The zero-order valence-corrected chi connectivity index (χ0v) is 16.0. The van der Waals surface area contributed by atoms with Crippen LogP contribution >= 0.6 is 0 Å². The van der Waals surface area contributed by atoms with Gasteiger partial charge in [0, 0.05) is 30.9 Å². The molecule has 5 nitrogen and oxygen atoms in total. The Morgan fingerprint density at radius 1 is 1.19 bits per heavy atom. The van der Waals surface area contributed by atoms with E-state index in [0.29, 0.717) is 0 Å². The number of aromatic nitrogens is 3. The molecule has 1 aromatic carbocycles. The number of nitrogens with zero attached hydrogens (tertiary/aromatic N) is 3. The predicted octanol–water partition coefficient (Wildman–Crippen LogP) is 3.69. The molecule has 0 unspecified atom stereocenters. The number of imidazole rings is 1. The van der Waals surface area contributed by atoms with Gasteiger partial charge in [-0.15, -0.1) is 0 Å². The molecule has 26 heavy (non-hydrogen) atoms. The highest BCUT2D eigenvalue weighted by Crippen LogP contribution is 2.38. The van der Waals surface area contributed by atoms with Crippen LogP contribution in [0.2, 0.25) is 0 Å². The smallest absolute Gasteiger partial charge is 0.178 e. The number of nitrogens with one attached hydrogen (secondary N) is 1. The lowest BCUT2D eigenvalue weighted by molar-refractivity contribution is 0.167. The third kappa shape index (κ3) is 2.97. The van der Waals surface area contributed by atoms with Gasteiger partial charge in [0.25, 0.3) is 0 Å². The van der Waals surface area contributed by atoms with Crippen LogP contribution in [0.4, 0.5) is 0 Å². The Hall–Kier alpha value is -2.40. The molecule has 1 atom stereocenters. The Labute approximate surface area is 154 Å². The first-order chi connectivity index (χ1) is 12.5. The molecule has 1 fully saturated rings. The van der Waals surface area contributed by atoms with Gasteiger partial charge in [0.2, 0.25) is 0 Å². The molecule has 1 saturated heterocycles. The van der Waals surface area contributed by atoms with Gasteiger partial charge in [0.15, 0.2) is 5.65 Å². The molecule has 0 saturated carbocycles. The summed E-state index contributed by atoms with van der Waals surface area (Å²) in [5, 5.41) is 3.44. The predicted molar refractivity (Wildman–Crippen MR) is 105 cm³/mol. The molecule has 0 radical (unpaired) electrons. The van der Waals surface area contributed by atoms with Gasteiger partial charge < -0.3 is 14.6 Å². The van der Waals surface area contributed by atoms with Crippen molar-refractivity contribution >= 4 is 11.2 Å². The van der Waals surface area contributed by atoms with Gasteiger partial charge >= 0.3 is 0 Å². The average molecular weight is 350 g/mol. The van der Waals surface area contributed by atoms with Crippen molar-refractivity contribution in [2.45, 2.75) is 39.7 Å². The van der Waals surface area contributed by atoms with Crippen LogP contribution < -0.4 is 10.1 Å². The second kappa shape index (κ2) is 6.72. The second-order valence-corrected chi connectivity index (χ2v) is 7.29. The SMILES string of the molecule is Cc1cc(C)c(O[C@H]2CCCNC2)c(-c2ccnc3nc(C)n(C)c23)c1. The van der Waals surface area contributed by atoms with Crippen molar-refractivity contribution < 1.29 is 4.74 Å². The zero-order chi connectivity index (χ0) is 18.3. The Kier molecular flexibility index (Phi) is 4.41. The summed E-state index contributed by atoms with van der Waals surface area (Å²) in [5.41, 5.74) is 6.51. The molecule has 1 aliphatic heterocycles. The van der Waals surface area contributed by atoms with Gasteiger partial charge in [-0.1, -0.05) is 6.07 Å². The number of benzene rings is 1. The van der Waals surface area contributed by atoms with Gasteiger partial charge in [-0.3, -0.25) is 0 Å². The van der Waals surface area contributed by atoms with Gasteiger partial charge in [-0.25, -0.2) is 9.97 Å². The summed E-state index contributed by atoms with van der Waals surface area (Å²) in [5.74, 6) is 1.94. The molecule has 0 aliphatic carbocycles. The van der Waals surface area contributed by atoms with E-state index in [1.807, 2.05) is 20.2 Å². The minimum atomic E-state index is 0.217. The van der Waals surface area contributed by atoms with Crippen molar-refractivity contribution in [1.82, 2.24) is 19.9 Å². The molecule has 2 aromatic heterocycles. The van der Waals surface area contributed by atoms with Crippen LogP contribution in [-0.4, -0.2) is 33.7 Å². The number of hydrogen-bond acceptors (Lipinski definition) is 4. The molecule has 4 rings (SSSR count). The van der Waals surface area contributed by atoms with Crippen molar-refractivity contribution in [2.24, 2.45) is 7.05 Å². The van der Waals surface area contributed by atoms with E-state index < -0.39 is 0 Å². The molecule has 3 heterocycles. The van der Waals surface area contributed by atoms with E-state index in [1.165, 1.54) is 11.1 Å². The van der Waals surface area contributed by atoms with Gasteiger partial charge in [0.05, 0.1) is 5.52 Å². The average Bonchev–Trinajstić information content (AvgIpc) is 2.92. The summed E-state index contributed by atoms with van der Waals surface area (Å²) in [6.45, 7) is 8.27. The highest BCUT2D eigenvalue weighted by molar-refractivity contribution is 5.92. The Morgan fingerprint density at radius 2 is 2.04 bits per heavy atom. The lowest BCUT2D eigenvalue weighted by Gasteiger charge is -2.26. The van der Waals surface area contributed by atoms with E-state index >= 15 is 0 Å². The summed E-state index contributed by atoms with van der Waals surface area (Å²) in [6.07, 6.45) is 4.31. The second-order valence-electron chi connectivity index (χ2n) is 7.29. The summed E-state index contributed by atoms with van der Waals surface area (Å²) >= 11 is 0. The quantitative estimate of drug-likeness (QED) is 0.783. The summed E-state index contributed by atoms with van der Waals surface area (Å²) < 4.78 is 8.62. The molecule has 136 valence electrons. The molecule has 0 bridgehead atoms. The number of aryl methyl sites for hydroxylation is 4. The van der Waals surface area contributed by atoms with Gasteiger partial charge in [0.1, 0.15) is 17.7 Å². The van der Waals surface area contributed by atoms with Crippen LogP contribution in [0, 0.1) is 20.8 Å². The molecule has 0 spiro atoms. The third-order valence-electron chi connectivity index (χ3n) is 5.24. The fourth-order valence-corrected chi connectivity index (χ4v) is 3.86. The largest absolute Gasteiger partial charge is 0.488 e. The lowest BCUT2D eigenvalue weighted by atomic mass is 9.98. The van der Waals surface area contributed by atoms with Gasteiger partial charge in [-0.2, -0.15) is 0 Å². The molecular weight excluding hydrogens is 324 g/mol. The topological polar surface area (TPSA) is 52.0 Å². The molecule has 0 amide bonds. The monoisotopic (exact) mass is 350 g/mol. The van der Waals surface area contributed by atoms with E-state index in [1.54, 1.807) is 0 Å². The molecular formula is C21H26N4O. The summed E-state index contributed by atoms with van der Waals surface area (Å²) in [7, 11) is 2.05. The lowest BCUT2D eigenvalue weighted by Crippen LogP contribution is -2.37. The van der Waals surface area contributed by atoms with Crippen molar-refractivity contribution in [1.29, 1.82) is 0 Å². The van der Waals surface area contributed by atoms with E-state index in [2.05, 4.69) is 51.9 Å². The maximum absolute atomic E-state index is 6.51. The summed E-state index contributed by atoms with van der Waals surface area (Å²) in [4.78, 5) is 9.05. The van der Waals surface area contributed by atoms with E-state index in [-0.39, 0.29) is 6.10 Å². The molecule has 1 N–H and O–H groups in total. The molecule has 1 aliphatic rings. The zero-order valence-electron chi connectivity index (χ0n) is 16.0. The minimum absolute atomic E-state index is 0.217. The first-order valence-electron chi connectivity index (χ1n) is 9.31. The van der Waals surface area contributed by atoms with E-state index in [0.717, 1.165) is 59.8 Å². The Bertz CT molecular complexity index is 954. The highest BCUT2D eigenvalue weighted by atomic mass is 16.5. The van der Waals surface area contributed by atoms with Crippen molar-refractivity contribution in [3.63, 3.8) is 0 Å². The molecule has 5 heteroatoms. The van der Waals surface area contributed by atoms with Crippen LogP contribution in [0.25, 0.3) is 22.3 Å². The van der Waals surface area contributed by atoms with Crippen molar-refractivity contribution in [3.05, 3.63) is 41.3 Å². The van der Waals surface area contributed by atoms with Gasteiger partial charge in [-0.05, 0) is 63.4 Å². The Balaban J connectivity index is 1.88. The number of fused-ring (bicyclic) bond motifs is 1.